The van der Waals surface area contributed by atoms with E-state index in [9.17, 15) is 26.4 Å². The summed E-state index contributed by atoms with van der Waals surface area (Å²) in [6.45, 7) is -0.555. The number of H-pyrrole nitrogens is 1. The van der Waals surface area contributed by atoms with Gasteiger partial charge in [0.2, 0.25) is 5.95 Å². The third-order valence-corrected chi connectivity index (χ3v) is 9.86. The molecule has 6 rings (SSSR count). The van der Waals surface area contributed by atoms with Crippen LogP contribution in [-0.2, 0) is 34.1 Å². The Balaban J connectivity index is 1.49. The molecule has 0 aliphatic carbocycles. The van der Waals surface area contributed by atoms with Gasteiger partial charge >= 0.3 is 15.6 Å². The van der Waals surface area contributed by atoms with Gasteiger partial charge in [0.25, 0.3) is 5.56 Å². The summed E-state index contributed by atoms with van der Waals surface area (Å²) < 4.78 is 103. The molecule has 3 heterocycles. The number of halogens is 3. The molecule has 1 N–H and O–H groups in total. The van der Waals surface area contributed by atoms with Gasteiger partial charge in [-0.3, -0.25) is 18.5 Å². The fraction of sp³-hybridized carbons (Fsp3) is 0.333. The highest BCUT2D eigenvalue weighted by atomic mass is 32.2. The number of ether oxygens (including phenoxy) is 5. The number of methoxy groups -OCH3 is 3. The van der Waals surface area contributed by atoms with Crippen LogP contribution in [0.2, 0.25) is 0 Å². The number of nitrogens with zero attached hydrogens (tertiary/aromatic N) is 5. The minimum absolute atomic E-state index is 0.0733. The van der Waals surface area contributed by atoms with E-state index in [-0.39, 0.29) is 17.1 Å². The number of aromatic amines is 1. The highest BCUT2D eigenvalue weighted by Gasteiger charge is 2.56. The molecule has 292 valence electrons. The van der Waals surface area contributed by atoms with E-state index in [0.717, 1.165) is 7.11 Å². The van der Waals surface area contributed by atoms with Crippen LogP contribution in [0.25, 0.3) is 11.2 Å². The van der Waals surface area contributed by atoms with Gasteiger partial charge in [-0.05, 0) is 41.0 Å². The molecule has 2 aromatic heterocycles. The molecule has 1 saturated heterocycles. The van der Waals surface area contributed by atoms with Gasteiger partial charge in [0.1, 0.15) is 35.4 Å². The molecule has 0 unspecified atom stereocenters. The summed E-state index contributed by atoms with van der Waals surface area (Å²) in [4.78, 5) is 29.7. The van der Waals surface area contributed by atoms with Crippen LogP contribution in [0.4, 0.5) is 19.1 Å². The minimum atomic E-state index is -6.21. The van der Waals surface area contributed by atoms with Gasteiger partial charge in [-0.25, -0.2) is 9.98 Å². The van der Waals surface area contributed by atoms with E-state index in [0.29, 0.717) is 28.2 Å². The number of imidazole rings is 1. The molecule has 0 saturated carbocycles. The zero-order valence-corrected chi connectivity index (χ0v) is 30.9. The van der Waals surface area contributed by atoms with Crippen LogP contribution in [0.3, 0.4) is 0 Å². The van der Waals surface area contributed by atoms with Crippen molar-refractivity contribution in [3.05, 3.63) is 112 Å². The Bertz CT molecular complexity index is 2240. The molecule has 3 aromatic carbocycles. The molecular formula is C36H37F3N6O9S. The van der Waals surface area contributed by atoms with Crippen molar-refractivity contribution >= 4 is 33.6 Å². The molecule has 1 fully saturated rings. The summed E-state index contributed by atoms with van der Waals surface area (Å²) in [6, 6.07) is 23.0. The molecule has 55 heavy (non-hydrogen) atoms. The van der Waals surface area contributed by atoms with Gasteiger partial charge in [-0.1, -0.05) is 54.6 Å². The highest BCUT2D eigenvalue weighted by molar-refractivity contribution is 7.87. The lowest BCUT2D eigenvalue weighted by atomic mass is 9.80. The van der Waals surface area contributed by atoms with Crippen LogP contribution in [0.15, 0.2) is 95.0 Å². The van der Waals surface area contributed by atoms with Crippen molar-refractivity contribution in [2.24, 2.45) is 4.99 Å². The fourth-order valence-electron chi connectivity index (χ4n) is 6.25. The van der Waals surface area contributed by atoms with Gasteiger partial charge in [-0.2, -0.15) is 26.6 Å². The Kier molecular flexibility index (Phi) is 11.3. The van der Waals surface area contributed by atoms with Crippen LogP contribution in [0, 0.1) is 0 Å². The first-order valence-electron chi connectivity index (χ1n) is 16.6. The molecule has 0 spiro atoms. The number of hydrogen-bond donors (Lipinski definition) is 1. The van der Waals surface area contributed by atoms with E-state index in [1.807, 2.05) is 18.2 Å². The third kappa shape index (κ3) is 7.78. The number of rotatable bonds is 14. The molecule has 0 bridgehead atoms. The van der Waals surface area contributed by atoms with E-state index in [2.05, 4.69) is 19.9 Å². The zero-order chi connectivity index (χ0) is 39.5. The monoisotopic (exact) mass is 786 g/mol. The number of aliphatic imine (C=N–C) groups is 1. The van der Waals surface area contributed by atoms with Gasteiger partial charge in [0.15, 0.2) is 17.4 Å². The Morgan fingerprint density at radius 3 is 2.02 bits per heavy atom. The second-order valence-corrected chi connectivity index (χ2v) is 14.0. The Morgan fingerprint density at radius 2 is 1.49 bits per heavy atom. The first kappa shape index (κ1) is 39.4. The standard InChI is InChI=1S/C36H37F3N6O9S/c1-44(2)20-41-34-42-31-28(32(46)43-34)40-21-45(31)33-30(51-5)29(54-55(47,48)36(37,38)39)27(53-33)19-52-35(22-9-7-6-8-10-22,23-11-15-25(49-3)16-12-23)24-13-17-26(50-4)18-14-24/h6-18,20-21,27,29-30,33H,19H2,1-5H3,(H,42,43,46)/b41-20+/t27-,29-,30-,33-/m1/s1. The summed E-state index contributed by atoms with van der Waals surface area (Å²) >= 11 is 0. The number of aromatic nitrogens is 4. The van der Waals surface area contributed by atoms with E-state index in [1.165, 1.54) is 31.5 Å². The summed E-state index contributed by atoms with van der Waals surface area (Å²) in [5.74, 6) is 0.984. The van der Waals surface area contributed by atoms with Crippen LogP contribution in [0.5, 0.6) is 11.5 Å². The van der Waals surface area contributed by atoms with Crippen molar-refractivity contribution in [3.63, 3.8) is 0 Å². The minimum Gasteiger partial charge on any atom is -0.497 e. The Hall–Kier alpha value is -5.34. The number of hydrogen-bond acceptors (Lipinski definition) is 12. The molecule has 0 radical (unpaired) electrons. The quantitative estimate of drug-likeness (QED) is 0.0551. The van der Waals surface area contributed by atoms with Crippen LogP contribution in [-0.4, -0.2) is 105 Å². The third-order valence-electron chi connectivity index (χ3n) is 8.82. The maximum Gasteiger partial charge on any atom is 0.523 e. The zero-order valence-electron chi connectivity index (χ0n) is 30.1. The molecule has 5 aromatic rings. The summed E-state index contributed by atoms with van der Waals surface area (Å²) in [6.07, 6.45) is -3.88. The maximum absolute atomic E-state index is 13.9. The largest absolute Gasteiger partial charge is 0.523 e. The predicted molar refractivity (Wildman–Crippen MR) is 193 cm³/mol. The fourth-order valence-corrected chi connectivity index (χ4v) is 6.88. The molecule has 15 nitrogen and oxygen atoms in total. The molecule has 0 amide bonds. The van der Waals surface area contributed by atoms with E-state index < -0.39 is 57.9 Å². The van der Waals surface area contributed by atoms with Crippen LogP contribution < -0.4 is 15.0 Å². The average molecular weight is 787 g/mol. The maximum atomic E-state index is 13.9. The highest BCUT2D eigenvalue weighted by Crippen LogP contribution is 2.44. The van der Waals surface area contributed by atoms with E-state index in [4.69, 9.17) is 27.9 Å². The second kappa shape index (κ2) is 15.8. The normalized spacial score (nSPS) is 19.3. The van der Waals surface area contributed by atoms with E-state index in [1.54, 1.807) is 79.7 Å². The Morgan fingerprint density at radius 1 is 0.909 bits per heavy atom. The first-order valence-corrected chi connectivity index (χ1v) is 18.0. The van der Waals surface area contributed by atoms with Gasteiger partial charge in [-0.15, -0.1) is 0 Å². The number of fused-ring (bicyclic) bond motifs is 1. The summed E-state index contributed by atoms with van der Waals surface area (Å²) in [5.41, 5.74) is -6.38. The lowest BCUT2D eigenvalue weighted by Gasteiger charge is -2.37. The molecule has 1 aliphatic rings. The van der Waals surface area contributed by atoms with E-state index >= 15 is 0 Å². The van der Waals surface area contributed by atoms with Crippen LogP contribution >= 0.6 is 0 Å². The van der Waals surface area contributed by atoms with Gasteiger partial charge < -0.3 is 28.6 Å². The van der Waals surface area contributed by atoms with Crippen molar-refractivity contribution in [2.45, 2.75) is 35.6 Å². The number of alkyl halides is 3. The van der Waals surface area contributed by atoms with Crippen molar-refractivity contribution in [2.75, 3.05) is 42.0 Å². The van der Waals surface area contributed by atoms with Crippen molar-refractivity contribution in [1.29, 1.82) is 0 Å². The molecule has 4 atom stereocenters. The summed E-state index contributed by atoms with van der Waals surface area (Å²) in [5, 5.41) is 0. The lowest BCUT2D eigenvalue weighted by molar-refractivity contribution is -0.0959. The second-order valence-electron chi connectivity index (χ2n) is 12.5. The SMILES string of the molecule is COc1ccc(C(OC[C@H]2O[C@@H](n3cnc4c(=O)[nH]c(/N=C/N(C)C)nc43)[C@H](OC)[C@@H]2OS(=O)(=O)C(F)(F)F)(c2ccccc2)c2ccc(OC)cc2)cc1. The van der Waals surface area contributed by atoms with Gasteiger partial charge in [0.05, 0.1) is 33.5 Å². The number of nitrogens with one attached hydrogen (secondary N) is 1. The lowest BCUT2D eigenvalue weighted by Crippen LogP contribution is -2.44. The van der Waals surface area contributed by atoms with Crippen molar-refractivity contribution in [3.8, 4) is 11.5 Å². The summed E-state index contributed by atoms with van der Waals surface area (Å²) in [7, 11) is 1.37. The van der Waals surface area contributed by atoms with Crippen molar-refractivity contribution < 1.29 is 49.5 Å². The first-order chi connectivity index (χ1) is 26.2. The average Bonchev–Trinajstić information content (AvgIpc) is 3.75. The van der Waals surface area contributed by atoms with Crippen molar-refractivity contribution in [1.82, 2.24) is 24.4 Å². The Labute approximate surface area is 313 Å². The van der Waals surface area contributed by atoms with Crippen LogP contribution in [0.1, 0.15) is 22.9 Å². The number of benzene rings is 3. The molecule has 19 heteroatoms. The predicted octanol–water partition coefficient (Wildman–Crippen LogP) is 4.51. The smallest absolute Gasteiger partial charge is 0.497 e. The topological polar surface area (TPSA) is 169 Å². The van der Waals surface area contributed by atoms with Gasteiger partial charge in [0, 0.05) is 21.2 Å². The molecule has 1 aliphatic heterocycles. The molecular weight excluding hydrogens is 749 g/mol.